The normalized spacial score (nSPS) is 14.1. The van der Waals surface area contributed by atoms with Crippen molar-refractivity contribution in [1.82, 2.24) is 5.32 Å². The minimum Gasteiger partial charge on any atom is -0.387 e. The van der Waals surface area contributed by atoms with Crippen LogP contribution in [0.5, 0.6) is 0 Å². The zero-order valence-electron chi connectivity index (χ0n) is 55.7. The number of aliphatic hydroxyl groups excluding tert-OH is 1. The van der Waals surface area contributed by atoms with Crippen molar-refractivity contribution in [3.63, 3.8) is 0 Å². The number of phosphoric acid groups is 1. The van der Waals surface area contributed by atoms with Gasteiger partial charge in [0.1, 0.15) is 13.2 Å². The van der Waals surface area contributed by atoms with Gasteiger partial charge in [0.2, 0.25) is 5.91 Å². The molecule has 1 amide bonds. The number of phosphoric ester groups is 1. The molecule has 3 N–H and O–H groups in total. The number of carbonyl (C=O) groups excluding carboxylic acids is 1. The van der Waals surface area contributed by atoms with Gasteiger partial charge in [-0.15, -0.1) is 0 Å². The Labute approximate surface area is 516 Å². The maximum absolute atomic E-state index is 13.1. The lowest BCUT2D eigenvalue weighted by atomic mass is 10.0. The number of quaternary nitrogens is 1. The predicted molar refractivity (Wildman–Crippen MR) is 364 cm³/mol. The Morgan fingerprint density at radius 1 is 0.422 bits per heavy atom. The lowest BCUT2D eigenvalue weighted by Crippen LogP contribution is -2.45. The van der Waals surface area contributed by atoms with Crippen molar-refractivity contribution in [1.29, 1.82) is 0 Å². The molecule has 0 aliphatic carbocycles. The van der Waals surface area contributed by atoms with E-state index in [1.165, 1.54) is 250 Å². The van der Waals surface area contributed by atoms with Gasteiger partial charge in [0.15, 0.2) is 0 Å². The highest BCUT2D eigenvalue weighted by Crippen LogP contribution is 2.43. The van der Waals surface area contributed by atoms with Gasteiger partial charge < -0.3 is 19.8 Å². The fourth-order valence-electron chi connectivity index (χ4n) is 10.7. The molecular formula is C74H140N2O6P+. The summed E-state index contributed by atoms with van der Waals surface area (Å²) < 4.78 is 23.8. The minimum absolute atomic E-state index is 0.0617. The zero-order valence-corrected chi connectivity index (χ0v) is 56.6. The summed E-state index contributed by atoms with van der Waals surface area (Å²) in [5, 5.41) is 14.0. The average molecular weight is 1180 g/mol. The van der Waals surface area contributed by atoms with Crippen LogP contribution in [0.3, 0.4) is 0 Å². The van der Waals surface area contributed by atoms with Gasteiger partial charge in [0.05, 0.1) is 39.9 Å². The number of carbonyl (C=O) groups is 1. The molecular weight excluding hydrogens is 1040 g/mol. The molecule has 8 nitrogen and oxygen atoms in total. The third-order valence-corrected chi connectivity index (χ3v) is 17.2. The van der Waals surface area contributed by atoms with Crippen LogP contribution >= 0.6 is 7.82 Å². The third-order valence-electron chi connectivity index (χ3n) is 16.2. The Morgan fingerprint density at radius 3 is 1.06 bits per heavy atom. The van der Waals surface area contributed by atoms with Crippen molar-refractivity contribution >= 4 is 13.7 Å². The van der Waals surface area contributed by atoms with Crippen LogP contribution in [0, 0.1) is 0 Å². The topological polar surface area (TPSA) is 105 Å². The monoisotopic (exact) mass is 1180 g/mol. The summed E-state index contributed by atoms with van der Waals surface area (Å²) in [5.74, 6) is -0.172. The molecule has 486 valence electrons. The molecule has 9 heteroatoms. The van der Waals surface area contributed by atoms with Gasteiger partial charge in [0.25, 0.3) is 0 Å². The van der Waals surface area contributed by atoms with Crippen molar-refractivity contribution in [3.05, 3.63) is 72.9 Å². The van der Waals surface area contributed by atoms with E-state index in [4.69, 9.17) is 9.05 Å². The second-order valence-corrected chi connectivity index (χ2v) is 27.0. The van der Waals surface area contributed by atoms with E-state index in [0.717, 1.165) is 70.6 Å². The molecule has 0 saturated carbocycles. The van der Waals surface area contributed by atoms with Crippen LogP contribution in [0.25, 0.3) is 0 Å². The van der Waals surface area contributed by atoms with Crippen LogP contribution in [-0.2, 0) is 18.4 Å². The number of allylic oxidation sites excluding steroid dienone is 11. The number of nitrogens with zero attached hydrogens (tertiary/aromatic N) is 1. The van der Waals surface area contributed by atoms with Crippen molar-refractivity contribution in [3.8, 4) is 0 Å². The summed E-state index contributed by atoms with van der Waals surface area (Å²) in [4.78, 5) is 23.4. The fraction of sp³-hybridized carbons (Fsp3) is 0.824. The molecule has 83 heavy (non-hydrogen) atoms. The highest BCUT2D eigenvalue weighted by molar-refractivity contribution is 7.47. The van der Waals surface area contributed by atoms with Crippen LogP contribution in [0.4, 0.5) is 0 Å². The molecule has 0 rings (SSSR count). The molecule has 0 aromatic carbocycles. The molecule has 0 radical (unpaired) electrons. The SMILES string of the molecule is CC/C=C\C/C=C\C/C=C\C/C=C\C/C=C\CCCCCCCCCCCCCCCCCCCCCC(=O)NC(COP(=O)(O)OCC[N+](C)(C)C)C(O)/C=C/CCCCCCCCCCCCCCCCCCCCCCCCCC. The van der Waals surface area contributed by atoms with Gasteiger partial charge in [-0.25, -0.2) is 4.57 Å². The van der Waals surface area contributed by atoms with Gasteiger partial charge in [-0.2, -0.15) is 0 Å². The van der Waals surface area contributed by atoms with E-state index >= 15 is 0 Å². The number of likely N-dealkylation sites (N-methyl/N-ethyl adjacent to an activating group) is 1. The Balaban J connectivity index is 4.03. The van der Waals surface area contributed by atoms with Gasteiger partial charge in [0, 0.05) is 6.42 Å². The number of amides is 1. The zero-order chi connectivity index (χ0) is 60.5. The van der Waals surface area contributed by atoms with Crippen molar-refractivity contribution in [2.45, 2.75) is 353 Å². The summed E-state index contributed by atoms with van der Waals surface area (Å²) in [6.07, 6.45) is 90.5. The first-order valence-electron chi connectivity index (χ1n) is 35.8. The maximum Gasteiger partial charge on any atom is 0.472 e. The van der Waals surface area contributed by atoms with E-state index in [-0.39, 0.29) is 19.1 Å². The van der Waals surface area contributed by atoms with Gasteiger partial charge in [-0.3, -0.25) is 13.8 Å². The molecule has 0 saturated heterocycles. The third kappa shape index (κ3) is 67.3. The second kappa shape index (κ2) is 64.4. The predicted octanol–water partition coefficient (Wildman–Crippen LogP) is 22.9. The first-order chi connectivity index (χ1) is 40.5. The summed E-state index contributed by atoms with van der Waals surface area (Å²) in [6.45, 7) is 4.75. The quantitative estimate of drug-likeness (QED) is 0.0243. The minimum atomic E-state index is -4.36. The average Bonchev–Trinajstić information content (AvgIpc) is 3.49. The maximum atomic E-state index is 13.1. The van der Waals surface area contributed by atoms with Crippen molar-refractivity contribution in [2.24, 2.45) is 0 Å². The number of aliphatic hydroxyl groups is 1. The standard InChI is InChI=1S/C74H139N2O6P/c1-6-8-10-12-14-16-18-20-22-24-26-28-30-32-34-35-36-37-38-39-40-41-42-44-46-48-50-52-54-56-58-60-62-64-66-68-74(78)75-72(71-82-83(79,80)81-70-69-76(3,4)5)73(77)67-65-63-61-59-57-55-53-51-49-47-45-43-33-31-29-27-25-23-21-19-17-15-13-11-9-7-2/h8,10,14,16,20,22,26,28,32,34,65,67,72-73,77H,6-7,9,11-13,15,17-19,21,23-25,27,29-31,33,35-64,66,68-71H2,1-5H3,(H-,75,78,79,80)/p+1/b10-8-,16-14-,22-20-,28-26-,34-32-,67-65+. The number of unbranched alkanes of at least 4 members (excludes halogenated alkanes) is 43. The second-order valence-electron chi connectivity index (χ2n) is 25.6. The van der Waals surface area contributed by atoms with E-state index in [1.807, 2.05) is 27.2 Å². The van der Waals surface area contributed by atoms with Gasteiger partial charge in [-0.1, -0.05) is 344 Å². The lowest BCUT2D eigenvalue weighted by molar-refractivity contribution is -0.870. The molecule has 0 aromatic rings. The van der Waals surface area contributed by atoms with E-state index < -0.39 is 20.0 Å². The molecule has 0 aliphatic rings. The highest BCUT2D eigenvalue weighted by Gasteiger charge is 2.28. The van der Waals surface area contributed by atoms with Crippen LogP contribution in [-0.4, -0.2) is 73.4 Å². The molecule has 0 fully saturated rings. The van der Waals surface area contributed by atoms with Gasteiger partial charge >= 0.3 is 7.82 Å². The largest absolute Gasteiger partial charge is 0.472 e. The first kappa shape index (κ1) is 80.9. The number of rotatable bonds is 66. The number of hydrogen-bond acceptors (Lipinski definition) is 5. The Hall–Kier alpha value is -2.06. The van der Waals surface area contributed by atoms with Gasteiger partial charge in [-0.05, 0) is 64.2 Å². The van der Waals surface area contributed by atoms with Crippen LogP contribution in [0.1, 0.15) is 341 Å². The lowest BCUT2D eigenvalue weighted by Gasteiger charge is -2.25. The Morgan fingerprint density at radius 2 is 0.723 bits per heavy atom. The van der Waals surface area contributed by atoms with Crippen molar-refractivity contribution < 1.29 is 32.9 Å². The van der Waals surface area contributed by atoms with Crippen LogP contribution < -0.4 is 5.32 Å². The Bertz CT molecular complexity index is 1580. The summed E-state index contributed by atoms with van der Waals surface area (Å²) in [6, 6.07) is -0.849. The molecule has 3 unspecified atom stereocenters. The van der Waals surface area contributed by atoms with E-state index in [9.17, 15) is 19.4 Å². The van der Waals surface area contributed by atoms with E-state index in [1.54, 1.807) is 6.08 Å². The first-order valence-corrected chi connectivity index (χ1v) is 37.3. The molecule has 0 heterocycles. The smallest absolute Gasteiger partial charge is 0.387 e. The molecule has 0 aliphatic heterocycles. The number of hydrogen-bond donors (Lipinski definition) is 3. The summed E-state index contributed by atoms with van der Waals surface area (Å²) in [7, 11) is 1.58. The molecule has 0 bridgehead atoms. The van der Waals surface area contributed by atoms with E-state index in [0.29, 0.717) is 17.4 Å². The summed E-state index contributed by atoms with van der Waals surface area (Å²) >= 11 is 0. The van der Waals surface area contributed by atoms with E-state index in [2.05, 4.69) is 79.9 Å². The Kier molecular flexibility index (Phi) is 62.8. The molecule has 0 spiro atoms. The fourth-order valence-corrected chi connectivity index (χ4v) is 11.4. The van der Waals surface area contributed by atoms with Crippen LogP contribution in [0.15, 0.2) is 72.9 Å². The molecule has 3 atom stereocenters. The van der Waals surface area contributed by atoms with Crippen molar-refractivity contribution in [2.75, 3.05) is 40.9 Å². The number of nitrogens with one attached hydrogen (secondary N) is 1. The summed E-state index contributed by atoms with van der Waals surface area (Å²) in [5.41, 5.74) is 0. The van der Waals surface area contributed by atoms with Crippen LogP contribution in [0.2, 0.25) is 0 Å². The molecule has 0 aromatic heterocycles. The highest BCUT2D eigenvalue weighted by atomic mass is 31.2.